The first kappa shape index (κ1) is 6.30. The molecule has 0 aromatic carbocycles. The van der Waals surface area contributed by atoms with E-state index < -0.39 is 0 Å². The Hall–Kier alpha value is -0.700. The van der Waals surface area contributed by atoms with E-state index in [1.165, 1.54) is 0 Å². The quantitative estimate of drug-likeness (QED) is 0.367. The first-order valence-electron chi connectivity index (χ1n) is 2.01. The molecule has 0 amide bonds. The average Bonchev–Trinajstić information content (AvgIpc) is 1.72. The minimum Gasteiger partial charge on any atom is -0.329 e. The Morgan fingerprint density at radius 1 is 1.86 bits per heavy atom. The highest BCUT2D eigenvalue weighted by Crippen LogP contribution is 1.76. The summed E-state index contributed by atoms with van der Waals surface area (Å²) in [5, 5.41) is 6.52. The topological polar surface area (TPSA) is 66.9 Å². The molecule has 3 N–H and O–H groups in total. The van der Waals surface area contributed by atoms with Crippen LogP contribution < -0.4 is 5.73 Å². The highest BCUT2D eigenvalue weighted by Gasteiger charge is 1.94. The van der Waals surface area contributed by atoms with Gasteiger partial charge in [0.15, 0.2) is 0 Å². The van der Waals surface area contributed by atoms with Crippen molar-refractivity contribution in [3.63, 3.8) is 0 Å². The lowest BCUT2D eigenvalue weighted by Gasteiger charge is -1.91. The maximum absolute atomic E-state index is 9.74. The molecule has 0 aliphatic rings. The van der Waals surface area contributed by atoms with Gasteiger partial charge in [-0.25, -0.2) is 0 Å². The zero-order valence-electron chi connectivity index (χ0n) is 3.92. The van der Waals surface area contributed by atoms with Crippen molar-refractivity contribution in [3.8, 4) is 0 Å². The Balaban J connectivity index is 3.36. The number of hydrogen-bond acceptors (Lipinski definition) is 3. The van der Waals surface area contributed by atoms with Crippen LogP contribution in [0.2, 0.25) is 0 Å². The van der Waals surface area contributed by atoms with E-state index in [1.807, 2.05) is 0 Å². The number of aldehydes is 1. The lowest BCUT2D eigenvalue weighted by molar-refractivity contribution is -0.109. The Bertz CT molecular complexity index is 64.1. The lowest BCUT2D eigenvalue weighted by Crippen LogP contribution is -2.15. The molecule has 0 fully saturated rings. The Labute approximate surface area is 42.0 Å². The van der Waals surface area contributed by atoms with Crippen molar-refractivity contribution >= 4 is 12.5 Å². The summed E-state index contributed by atoms with van der Waals surface area (Å²) in [4.78, 5) is 9.74. The Morgan fingerprint density at radius 3 is 2.43 bits per heavy atom. The number of carbonyl (C=O) groups is 1. The van der Waals surface area contributed by atoms with Gasteiger partial charge in [0.1, 0.15) is 6.29 Å². The molecule has 0 aromatic rings. The third kappa shape index (κ3) is 2.05. The maximum atomic E-state index is 9.74. The smallest absolute Gasteiger partial charge is 0.129 e. The second kappa shape index (κ2) is 3.49. The third-order valence-corrected chi connectivity index (χ3v) is 0.661. The molecule has 1 unspecified atom stereocenters. The van der Waals surface area contributed by atoms with Gasteiger partial charge in [0.2, 0.25) is 0 Å². The van der Waals surface area contributed by atoms with E-state index in [2.05, 4.69) is 0 Å². The first-order valence-corrected chi connectivity index (χ1v) is 2.01. The summed E-state index contributed by atoms with van der Waals surface area (Å²) >= 11 is 0. The van der Waals surface area contributed by atoms with Crippen molar-refractivity contribution in [1.82, 2.24) is 0 Å². The highest BCUT2D eigenvalue weighted by molar-refractivity contribution is 5.78. The van der Waals surface area contributed by atoms with Gasteiger partial charge in [-0.3, -0.25) is 0 Å². The molecule has 3 nitrogen and oxygen atoms in total. The molecule has 0 aliphatic carbocycles. The summed E-state index contributed by atoms with van der Waals surface area (Å²) in [6.07, 6.45) is 1.69. The van der Waals surface area contributed by atoms with Crippen LogP contribution >= 0.6 is 0 Å². The van der Waals surface area contributed by atoms with E-state index in [0.717, 1.165) is 6.21 Å². The largest absolute Gasteiger partial charge is 0.329 e. The first-order chi connectivity index (χ1) is 3.35. The predicted octanol–water partition coefficient (Wildman–Crippen LogP) is -0.590. The molecule has 0 heterocycles. The average molecular weight is 100 g/mol. The summed E-state index contributed by atoms with van der Waals surface area (Å²) in [6.45, 7) is 0.243. The number of hydrogen-bond donors (Lipinski definition) is 2. The molecule has 40 valence electrons. The van der Waals surface area contributed by atoms with Crippen molar-refractivity contribution in [2.24, 2.45) is 11.7 Å². The van der Waals surface area contributed by atoms with Crippen LogP contribution in [0.5, 0.6) is 0 Å². The molecule has 0 bridgehead atoms. The molecule has 0 aliphatic heterocycles. The summed E-state index contributed by atoms with van der Waals surface area (Å²) < 4.78 is 0. The van der Waals surface area contributed by atoms with E-state index in [4.69, 9.17) is 11.1 Å². The molecule has 7 heavy (non-hydrogen) atoms. The van der Waals surface area contributed by atoms with Crippen LogP contribution in [0.3, 0.4) is 0 Å². The SMILES string of the molecule is N=CC(C=O)CN. The van der Waals surface area contributed by atoms with Crippen LogP contribution in [0.15, 0.2) is 0 Å². The zero-order chi connectivity index (χ0) is 5.70. The van der Waals surface area contributed by atoms with Gasteiger partial charge in [0.05, 0.1) is 5.92 Å². The maximum Gasteiger partial charge on any atom is 0.129 e. The normalized spacial score (nSPS) is 12.7. The van der Waals surface area contributed by atoms with Gasteiger partial charge in [-0.1, -0.05) is 0 Å². The van der Waals surface area contributed by atoms with Crippen molar-refractivity contribution in [1.29, 1.82) is 5.41 Å². The van der Waals surface area contributed by atoms with Crippen LogP contribution in [-0.4, -0.2) is 19.0 Å². The predicted molar refractivity (Wildman–Crippen MR) is 27.4 cm³/mol. The van der Waals surface area contributed by atoms with Crippen molar-refractivity contribution < 1.29 is 4.79 Å². The molecule has 0 aromatic heterocycles. The molecule has 0 radical (unpaired) electrons. The number of nitrogens with two attached hydrogens (primary N) is 1. The van der Waals surface area contributed by atoms with Crippen molar-refractivity contribution in [3.05, 3.63) is 0 Å². The van der Waals surface area contributed by atoms with E-state index in [-0.39, 0.29) is 12.5 Å². The van der Waals surface area contributed by atoms with Gasteiger partial charge in [0, 0.05) is 12.8 Å². The van der Waals surface area contributed by atoms with Crippen LogP contribution in [0.1, 0.15) is 0 Å². The van der Waals surface area contributed by atoms with E-state index >= 15 is 0 Å². The molecule has 0 saturated carbocycles. The summed E-state index contributed by atoms with van der Waals surface area (Å²) in [6, 6.07) is 0. The minimum atomic E-state index is -0.375. The zero-order valence-corrected chi connectivity index (χ0v) is 3.92. The Morgan fingerprint density at radius 2 is 2.43 bits per heavy atom. The van der Waals surface area contributed by atoms with E-state index in [1.54, 1.807) is 0 Å². The van der Waals surface area contributed by atoms with Crippen LogP contribution in [0.25, 0.3) is 0 Å². The van der Waals surface area contributed by atoms with Gasteiger partial charge in [-0.15, -0.1) is 0 Å². The molecule has 0 saturated heterocycles. The van der Waals surface area contributed by atoms with Crippen molar-refractivity contribution in [2.45, 2.75) is 0 Å². The van der Waals surface area contributed by atoms with Gasteiger partial charge in [-0.2, -0.15) is 0 Å². The molecule has 3 heteroatoms. The fraction of sp³-hybridized carbons (Fsp3) is 0.500. The summed E-state index contributed by atoms with van der Waals surface area (Å²) in [5.74, 6) is -0.375. The fourth-order valence-electron chi connectivity index (χ4n) is 0.163. The lowest BCUT2D eigenvalue weighted by atomic mass is 10.2. The Kier molecular flexibility index (Phi) is 3.14. The molecular formula is C4H8N2O. The van der Waals surface area contributed by atoms with E-state index in [0.29, 0.717) is 6.29 Å². The minimum absolute atomic E-state index is 0.243. The summed E-state index contributed by atoms with van der Waals surface area (Å²) in [5.41, 5.74) is 5.01. The standard InChI is InChI=1S/C4H8N2O/c5-1-4(2-6)3-7/h1,3-5H,2,6H2. The third-order valence-electron chi connectivity index (χ3n) is 0.661. The monoisotopic (exact) mass is 100 g/mol. The molecule has 1 atom stereocenters. The van der Waals surface area contributed by atoms with Crippen LogP contribution in [0.4, 0.5) is 0 Å². The fourth-order valence-corrected chi connectivity index (χ4v) is 0.163. The molecule has 0 rings (SSSR count). The molecule has 0 spiro atoms. The second-order valence-electron chi connectivity index (χ2n) is 1.20. The molecular weight excluding hydrogens is 92.1 g/mol. The van der Waals surface area contributed by atoms with Crippen molar-refractivity contribution in [2.75, 3.05) is 6.54 Å². The van der Waals surface area contributed by atoms with Crippen LogP contribution in [-0.2, 0) is 4.79 Å². The highest BCUT2D eigenvalue weighted by atomic mass is 16.1. The number of nitrogens with one attached hydrogen (secondary N) is 1. The number of carbonyl (C=O) groups excluding carboxylic acids is 1. The van der Waals surface area contributed by atoms with Gasteiger partial charge in [-0.05, 0) is 0 Å². The summed E-state index contributed by atoms with van der Waals surface area (Å²) in [7, 11) is 0. The van der Waals surface area contributed by atoms with Gasteiger partial charge < -0.3 is 15.9 Å². The van der Waals surface area contributed by atoms with Gasteiger partial charge >= 0.3 is 0 Å². The van der Waals surface area contributed by atoms with E-state index in [9.17, 15) is 4.79 Å². The van der Waals surface area contributed by atoms with Gasteiger partial charge in [0.25, 0.3) is 0 Å². The number of rotatable bonds is 3. The van der Waals surface area contributed by atoms with Crippen LogP contribution in [0, 0.1) is 11.3 Å². The second-order valence-corrected chi connectivity index (χ2v) is 1.20.